The molecule has 0 aromatic heterocycles. The van der Waals surface area contributed by atoms with E-state index in [0.717, 1.165) is 30.6 Å². The third-order valence-electron chi connectivity index (χ3n) is 4.49. The summed E-state index contributed by atoms with van der Waals surface area (Å²) in [5, 5.41) is 2.75. The highest BCUT2D eigenvalue weighted by atomic mass is 19.1. The summed E-state index contributed by atoms with van der Waals surface area (Å²) in [6, 6.07) is 12.1. The summed E-state index contributed by atoms with van der Waals surface area (Å²) in [5.41, 5.74) is 3.11. The Morgan fingerprint density at radius 1 is 1.32 bits per heavy atom. The maximum Gasteiger partial charge on any atom is 0.411 e. The minimum Gasteiger partial charge on any atom is -0.449 e. The number of carbonyl (C=O) groups excluding carboxylic acids is 1. The molecule has 1 amide bonds. The van der Waals surface area contributed by atoms with Gasteiger partial charge in [0, 0.05) is 18.0 Å². The van der Waals surface area contributed by atoms with E-state index in [1.54, 1.807) is 6.07 Å². The number of carbonyl (C=O) groups is 1. The lowest BCUT2D eigenvalue weighted by molar-refractivity contribution is 0.142. The van der Waals surface area contributed by atoms with Crippen LogP contribution in [-0.2, 0) is 4.74 Å². The fourth-order valence-electron chi connectivity index (χ4n) is 3.18. The second kappa shape index (κ2) is 7.66. The zero-order valence-electron chi connectivity index (χ0n) is 14.6. The smallest absolute Gasteiger partial charge is 0.411 e. The maximum atomic E-state index is 13.7. The fraction of sp³-hybridized carbons (Fsp3) is 0.350. The molecule has 25 heavy (non-hydrogen) atoms. The zero-order valence-corrected chi connectivity index (χ0v) is 14.6. The predicted molar refractivity (Wildman–Crippen MR) is 97.1 cm³/mol. The van der Waals surface area contributed by atoms with Gasteiger partial charge in [-0.15, -0.1) is 0 Å². The van der Waals surface area contributed by atoms with Gasteiger partial charge in [0.2, 0.25) is 0 Å². The van der Waals surface area contributed by atoms with Crippen LogP contribution in [0.25, 0.3) is 11.1 Å². The molecule has 1 aliphatic heterocycles. The number of anilines is 1. The van der Waals surface area contributed by atoms with Crippen LogP contribution in [0.2, 0.25) is 0 Å². The average Bonchev–Trinajstić information content (AvgIpc) is 3.00. The van der Waals surface area contributed by atoms with Gasteiger partial charge in [-0.25, -0.2) is 9.18 Å². The molecule has 3 rings (SSSR count). The van der Waals surface area contributed by atoms with Gasteiger partial charge >= 0.3 is 6.09 Å². The standard InChI is InChI=1S/C20H23FN2O2/c1-14-4-3-5-16(10-14)18-11-17(21)6-7-19(18)22-20(24)25-13-15-8-9-23(2)12-15/h3-7,10-11,15H,8-9,12-13H2,1-2H3,(H,22,24)/t15-/m0/s1. The minimum atomic E-state index is -0.505. The molecule has 0 saturated carbocycles. The number of benzene rings is 2. The van der Waals surface area contributed by atoms with Crippen molar-refractivity contribution in [2.24, 2.45) is 5.92 Å². The van der Waals surface area contributed by atoms with Crippen LogP contribution in [0.4, 0.5) is 14.9 Å². The molecule has 0 aliphatic carbocycles. The molecule has 1 fully saturated rings. The van der Waals surface area contributed by atoms with Gasteiger partial charge in [0.15, 0.2) is 0 Å². The summed E-state index contributed by atoms with van der Waals surface area (Å²) in [5.74, 6) is 0.0321. The van der Waals surface area contributed by atoms with E-state index >= 15 is 0 Å². The van der Waals surface area contributed by atoms with E-state index in [-0.39, 0.29) is 5.82 Å². The number of ether oxygens (including phenoxy) is 1. The van der Waals surface area contributed by atoms with Crippen molar-refractivity contribution < 1.29 is 13.9 Å². The summed E-state index contributed by atoms with van der Waals surface area (Å²) >= 11 is 0. The van der Waals surface area contributed by atoms with Gasteiger partial charge < -0.3 is 9.64 Å². The van der Waals surface area contributed by atoms with Crippen molar-refractivity contribution >= 4 is 11.8 Å². The highest BCUT2D eigenvalue weighted by Gasteiger charge is 2.21. The Bertz CT molecular complexity index is 763. The van der Waals surface area contributed by atoms with Crippen LogP contribution in [0, 0.1) is 18.7 Å². The van der Waals surface area contributed by atoms with Crippen LogP contribution in [0.5, 0.6) is 0 Å². The first-order valence-corrected chi connectivity index (χ1v) is 8.50. The SMILES string of the molecule is Cc1cccc(-c2cc(F)ccc2NC(=O)OC[C@H]2CCN(C)C2)c1. The Morgan fingerprint density at radius 2 is 2.16 bits per heavy atom. The van der Waals surface area contributed by atoms with Crippen molar-refractivity contribution in [3.8, 4) is 11.1 Å². The van der Waals surface area contributed by atoms with Gasteiger partial charge in [0.25, 0.3) is 0 Å². The van der Waals surface area contributed by atoms with Crippen LogP contribution in [0.3, 0.4) is 0 Å². The fourth-order valence-corrected chi connectivity index (χ4v) is 3.18. The molecule has 132 valence electrons. The second-order valence-corrected chi connectivity index (χ2v) is 6.70. The van der Waals surface area contributed by atoms with Crippen molar-refractivity contribution in [2.45, 2.75) is 13.3 Å². The molecular formula is C20H23FN2O2. The topological polar surface area (TPSA) is 41.6 Å². The van der Waals surface area contributed by atoms with Gasteiger partial charge in [-0.2, -0.15) is 0 Å². The number of halogens is 1. The lowest BCUT2D eigenvalue weighted by Crippen LogP contribution is -2.21. The van der Waals surface area contributed by atoms with Crippen LogP contribution in [0.1, 0.15) is 12.0 Å². The first-order valence-electron chi connectivity index (χ1n) is 8.50. The lowest BCUT2D eigenvalue weighted by atomic mass is 10.0. The number of nitrogens with zero attached hydrogens (tertiary/aromatic N) is 1. The molecule has 0 unspecified atom stereocenters. The molecule has 0 bridgehead atoms. The first-order chi connectivity index (χ1) is 12.0. The van der Waals surface area contributed by atoms with Gasteiger partial charge in [0.1, 0.15) is 5.82 Å². The summed E-state index contributed by atoms with van der Waals surface area (Å²) in [6.07, 6.45) is 0.532. The molecule has 1 saturated heterocycles. The normalized spacial score (nSPS) is 17.5. The maximum absolute atomic E-state index is 13.7. The molecule has 0 radical (unpaired) electrons. The monoisotopic (exact) mass is 342 g/mol. The number of amides is 1. The molecule has 0 spiro atoms. The van der Waals surface area contributed by atoms with Crippen LogP contribution >= 0.6 is 0 Å². The second-order valence-electron chi connectivity index (χ2n) is 6.70. The summed E-state index contributed by atoms with van der Waals surface area (Å²) in [7, 11) is 2.06. The van der Waals surface area contributed by atoms with Crippen LogP contribution < -0.4 is 5.32 Å². The van der Waals surface area contributed by atoms with E-state index in [9.17, 15) is 9.18 Å². The molecular weight excluding hydrogens is 319 g/mol. The summed E-state index contributed by atoms with van der Waals surface area (Å²) < 4.78 is 19.1. The van der Waals surface area contributed by atoms with E-state index < -0.39 is 6.09 Å². The predicted octanol–water partition coefficient (Wildman–Crippen LogP) is 4.30. The van der Waals surface area contributed by atoms with Crippen molar-refractivity contribution in [2.75, 3.05) is 32.1 Å². The Labute approximate surface area is 147 Å². The number of nitrogens with one attached hydrogen (secondary N) is 1. The molecule has 5 heteroatoms. The molecule has 1 heterocycles. The molecule has 2 aromatic carbocycles. The van der Waals surface area contributed by atoms with E-state index in [1.807, 2.05) is 31.2 Å². The first kappa shape index (κ1) is 17.4. The quantitative estimate of drug-likeness (QED) is 0.901. The number of hydrogen-bond acceptors (Lipinski definition) is 3. The Hall–Kier alpha value is -2.40. The van der Waals surface area contributed by atoms with E-state index in [0.29, 0.717) is 23.8 Å². The number of rotatable bonds is 4. The zero-order chi connectivity index (χ0) is 17.8. The molecule has 1 N–H and O–H groups in total. The van der Waals surface area contributed by atoms with Crippen LogP contribution in [0.15, 0.2) is 42.5 Å². The summed E-state index contributed by atoms with van der Waals surface area (Å²) in [4.78, 5) is 14.4. The van der Waals surface area contributed by atoms with Crippen molar-refractivity contribution in [3.05, 3.63) is 53.8 Å². The van der Waals surface area contributed by atoms with Crippen molar-refractivity contribution in [1.82, 2.24) is 4.90 Å². The van der Waals surface area contributed by atoms with Gasteiger partial charge in [-0.1, -0.05) is 29.8 Å². The van der Waals surface area contributed by atoms with E-state index in [1.165, 1.54) is 12.1 Å². The largest absolute Gasteiger partial charge is 0.449 e. The van der Waals surface area contributed by atoms with E-state index in [2.05, 4.69) is 17.3 Å². The van der Waals surface area contributed by atoms with E-state index in [4.69, 9.17) is 4.74 Å². The lowest BCUT2D eigenvalue weighted by Gasteiger charge is -2.14. The highest BCUT2D eigenvalue weighted by molar-refractivity contribution is 5.91. The molecule has 1 atom stereocenters. The van der Waals surface area contributed by atoms with Gasteiger partial charge in [0.05, 0.1) is 12.3 Å². The summed E-state index contributed by atoms with van der Waals surface area (Å²) in [6.45, 7) is 4.35. The third kappa shape index (κ3) is 4.57. The average molecular weight is 342 g/mol. The van der Waals surface area contributed by atoms with Crippen molar-refractivity contribution in [3.63, 3.8) is 0 Å². The Morgan fingerprint density at radius 3 is 2.88 bits per heavy atom. The Balaban J connectivity index is 1.70. The van der Waals surface area contributed by atoms with Crippen LogP contribution in [-0.4, -0.2) is 37.7 Å². The van der Waals surface area contributed by atoms with Gasteiger partial charge in [-0.05, 0) is 50.7 Å². The molecule has 2 aromatic rings. The minimum absolute atomic E-state index is 0.343. The Kier molecular flexibility index (Phi) is 5.34. The number of hydrogen-bond donors (Lipinski definition) is 1. The molecule has 1 aliphatic rings. The molecule has 4 nitrogen and oxygen atoms in total. The van der Waals surface area contributed by atoms with Crippen molar-refractivity contribution in [1.29, 1.82) is 0 Å². The highest BCUT2D eigenvalue weighted by Crippen LogP contribution is 2.29. The third-order valence-corrected chi connectivity index (χ3v) is 4.49. The van der Waals surface area contributed by atoms with Gasteiger partial charge in [-0.3, -0.25) is 5.32 Å². The number of likely N-dealkylation sites (tertiary alicyclic amines) is 1. The number of aryl methyl sites for hydroxylation is 1.